The smallest absolute Gasteiger partial charge is 0.216 e. The first-order chi connectivity index (χ1) is 10.3. The van der Waals surface area contributed by atoms with Crippen molar-refractivity contribution in [1.82, 2.24) is 14.9 Å². The molecule has 0 bridgehead atoms. The predicted molar refractivity (Wildman–Crippen MR) is 82.1 cm³/mol. The van der Waals surface area contributed by atoms with Gasteiger partial charge in [0, 0.05) is 5.41 Å². The number of hydrogen-bond donors (Lipinski definition) is 0. The Labute approximate surface area is 130 Å². The van der Waals surface area contributed by atoms with Gasteiger partial charge in [-0.1, -0.05) is 17.8 Å². The van der Waals surface area contributed by atoms with Gasteiger partial charge < -0.3 is 9.47 Å². The van der Waals surface area contributed by atoms with E-state index in [0.717, 1.165) is 22.2 Å². The van der Waals surface area contributed by atoms with E-state index in [2.05, 4.69) is 26.7 Å². The minimum Gasteiger partial charge on any atom is -0.493 e. The van der Waals surface area contributed by atoms with Crippen LogP contribution in [0.4, 0.5) is 0 Å². The lowest BCUT2D eigenvalue weighted by Crippen LogP contribution is -2.28. The molecular formula is C13H12N4O2S2. The minimum absolute atomic E-state index is 0.143. The largest absolute Gasteiger partial charge is 0.493 e. The molecule has 8 heteroatoms. The topological polar surface area (TPSA) is 52.4 Å². The highest BCUT2D eigenvalue weighted by atomic mass is 32.2. The zero-order valence-electron chi connectivity index (χ0n) is 11.4. The van der Waals surface area contributed by atoms with E-state index in [0.29, 0.717) is 0 Å². The van der Waals surface area contributed by atoms with Crippen molar-refractivity contribution in [2.45, 2.75) is 10.5 Å². The van der Waals surface area contributed by atoms with Crippen LogP contribution in [0.25, 0.3) is 0 Å². The maximum Gasteiger partial charge on any atom is 0.216 e. The number of thioether (sulfide) groups is 2. The number of ether oxygens (including phenoxy) is 2. The van der Waals surface area contributed by atoms with Gasteiger partial charge in [0.25, 0.3) is 0 Å². The fourth-order valence-corrected chi connectivity index (χ4v) is 4.60. The highest BCUT2D eigenvalue weighted by Crippen LogP contribution is 2.51. The summed E-state index contributed by atoms with van der Waals surface area (Å²) >= 11 is 3.39. The fourth-order valence-electron chi connectivity index (χ4n) is 2.39. The molecule has 108 valence electrons. The van der Waals surface area contributed by atoms with Crippen molar-refractivity contribution >= 4 is 23.5 Å². The summed E-state index contributed by atoms with van der Waals surface area (Å²) in [7, 11) is 3.29. The maximum atomic E-state index is 5.40. The number of hydrogen-bond acceptors (Lipinski definition) is 7. The van der Waals surface area contributed by atoms with Crippen LogP contribution in [-0.4, -0.2) is 29.1 Å². The molecule has 0 N–H and O–H groups in total. The van der Waals surface area contributed by atoms with Gasteiger partial charge in [-0.05, 0) is 29.5 Å². The molecule has 3 heterocycles. The first-order valence-corrected chi connectivity index (χ1v) is 8.02. The average Bonchev–Trinajstić information content (AvgIpc) is 3.18. The summed E-state index contributed by atoms with van der Waals surface area (Å²) in [6.07, 6.45) is 1.74. The molecule has 1 atom stereocenters. The van der Waals surface area contributed by atoms with Crippen LogP contribution in [0.1, 0.15) is 10.9 Å². The van der Waals surface area contributed by atoms with Crippen LogP contribution in [0, 0.1) is 0 Å². The van der Waals surface area contributed by atoms with E-state index in [1.165, 1.54) is 5.03 Å². The molecule has 0 saturated heterocycles. The number of nitrogens with zero attached hydrogens (tertiary/aromatic N) is 4. The zero-order chi connectivity index (χ0) is 14.4. The molecular weight excluding hydrogens is 308 g/mol. The normalized spacial score (nSPS) is 19.2. The van der Waals surface area contributed by atoms with E-state index in [1.54, 1.807) is 44.1 Å². The molecule has 2 aliphatic rings. The van der Waals surface area contributed by atoms with E-state index < -0.39 is 0 Å². The van der Waals surface area contributed by atoms with Crippen molar-refractivity contribution in [3.63, 3.8) is 0 Å². The summed E-state index contributed by atoms with van der Waals surface area (Å²) in [5.74, 6) is 1.47. The van der Waals surface area contributed by atoms with Gasteiger partial charge in [-0.2, -0.15) is 0 Å². The van der Waals surface area contributed by atoms with Crippen LogP contribution in [0.15, 0.2) is 40.1 Å². The zero-order valence-corrected chi connectivity index (χ0v) is 13.0. The van der Waals surface area contributed by atoms with E-state index in [9.17, 15) is 0 Å². The SMILES string of the molecule is COc1ccc([C@@H]2SC=C3Sc4nncn4N32)cc1OC. The summed E-state index contributed by atoms with van der Waals surface area (Å²) in [4.78, 5) is 0. The lowest BCUT2D eigenvalue weighted by Gasteiger charge is -2.24. The quantitative estimate of drug-likeness (QED) is 0.861. The van der Waals surface area contributed by atoms with Crippen LogP contribution in [-0.2, 0) is 0 Å². The number of methoxy groups -OCH3 is 2. The van der Waals surface area contributed by atoms with Gasteiger partial charge in [-0.15, -0.1) is 10.2 Å². The number of fused-ring (bicyclic) bond motifs is 3. The molecule has 21 heavy (non-hydrogen) atoms. The molecule has 0 spiro atoms. The Morgan fingerprint density at radius 2 is 2.05 bits per heavy atom. The van der Waals surface area contributed by atoms with Crippen molar-refractivity contribution in [2.24, 2.45) is 0 Å². The molecule has 0 aliphatic carbocycles. The van der Waals surface area contributed by atoms with Crippen LogP contribution in [0.3, 0.4) is 0 Å². The molecule has 2 aromatic rings. The van der Waals surface area contributed by atoms with Crippen LogP contribution < -0.4 is 14.5 Å². The predicted octanol–water partition coefficient (Wildman–Crippen LogP) is 2.58. The summed E-state index contributed by atoms with van der Waals surface area (Å²) in [5, 5.41) is 14.6. The van der Waals surface area contributed by atoms with Gasteiger partial charge in [0.1, 0.15) is 16.7 Å². The van der Waals surface area contributed by atoms with Crippen LogP contribution in [0.2, 0.25) is 0 Å². The van der Waals surface area contributed by atoms with E-state index in [4.69, 9.17) is 9.47 Å². The Hall–Kier alpha value is -1.80. The molecule has 0 saturated carbocycles. The maximum absolute atomic E-state index is 5.40. The van der Waals surface area contributed by atoms with Gasteiger partial charge in [-0.25, -0.2) is 4.68 Å². The molecule has 6 nitrogen and oxygen atoms in total. The first kappa shape index (κ1) is 12.9. The Balaban J connectivity index is 1.72. The van der Waals surface area contributed by atoms with Crippen LogP contribution >= 0.6 is 23.5 Å². The summed E-state index contributed by atoms with van der Waals surface area (Å²) in [6, 6.07) is 6.01. The van der Waals surface area contributed by atoms with Crippen molar-refractivity contribution in [3.8, 4) is 11.5 Å². The molecule has 0 amide bonds. The Morgan fingerprint density at radius 3 is 2.86 bits per heavy atom. The second-order valence-electron chi connectivity index (χ2n) is 4.46. The highest BCUT2D eigenvalue weighted by Gasteiger charge is 2.37. The summed E-state index contributed by atoms with van der Waals surface area (Å²) in [5.41, 5.74) is 1.14. The second-order valence-corrected chi connectivity index (χ2v) is 6.41. The van der Waals surface area contributed by atoms with Gasteiger partial charge in [0.05, 0.1) is 14.2 Å². The lowest BCUT2D eigenvalue weighted by atomic mass is 10.2. The molecule has 1 aromatic carbocycles. The standard InChI is InChI=1S/C13H12N4O2S2/c1-18-9-4-3-8(5-10(9)19-2)12-17-11(6-20-12)21-13-15-14-7-16(13)17/h3-7,12H,1-2H3/t12-/m0/s1. The first-order valence-electron chi connectivity index (χ1n) is 6.27. The lowest BCUT2D eigenvalue weighted by molar-refractivity contribution is 0.354. The molecule has 4 rings (SSSR count). The molecule has 0 fully saturated rings. The Morgan fingerprint density at radius 1 is 1.19 bits per heavy atom. The van der Waals surface area contributed by atoms with E-state index in [1.807, 2.05) is 16.8 Å². The van der Waals surface area contributed by atoms with Gasteiger partial charge in [0.15, 0.2) is 11.5 Å². The minimum atomic E-state index is 0.143. The monoisotopic (exact) mass is 320 g/mol. The van der Waals surface area contributed by atoms with Crippen molar-refractivity contribution in [2.75, 3.05) is 19.2 Å². The third-order valence-corrected chi connectivity index (χ3v) is 5.57. The molecule has 0 unspecified atom stereocenters. The Bertz CT molecular complexity index is 731. The highest BCUT2D eigenvalue weighted by molar-refractivity contribution is 8.07. The van der Waals surface area contributed by atoms with Crippen molar-refractivity contribution < 1.29 is 9.47 Å². The third-order valence-electron chi connectivity index (χ3n) is 3.37. The van der Waals surface area contributed by atoms with Crippen molar-refractivity contribution in [3.05, 3.63) is 40.5 Å². The summed E-state index contributed by atoms with van der Waals surface area (Å²) < 4.78 is 12.7. The van der Waals surface area contributed by atoms with Crippen molar-refractivity contribution in [1.29, 1.82) is 0 Å². The van der Waals surface area contributed by atoms with Gasteiger partial charge in [-0.3, -0.25) is 5.01 Å². The molecule has 0 radical (unpaired) electrons. The number of benzene rings is 1. The fraction of sp³-hybridized carbons (Fsp3) is 0.231. The van der Waals surface area contributed by atoms with E-state index in [-0.39, 0.29) is 5.37 Å². The molecule has 2 aliphatic heterocycles. The van der Waals surface area contributed by atoms with E-state index >= 15 is 0 Å². The Kier molecular flexibility index (Phi) is 3.00. The number of aromatic nitrogens is 3. The average molecular weight is 320 g/mol. The van der Waals surface area contributed by atoms with Gasteiger partial charge in [0.2, 0.25) is 5.16 Å². The van der Waals surface area contributed by atoms with Crippen LogP contribution in [0.5, 0.6) is 11.5 Å². The molecule has 1 aromatic heterocycles. The van der Waals surface area contributed by atoms with Gasteiger partial charge >= 0.3 is 0 Å². The third kappa shape index (κ3) is 1.90. The second kappa shape index (κ2) is 4.88. The summed E-state index contributed by atoms with van der Waals surface area (Å²) in [6.45, 7) is 0. The number of rotatable bonds is 3.